The predicted molar refractivity (Wildman–Crippen MR) is 192 cm³/mol. The topological polar surface area (TPSA) is 145 Å². The van der Waals surface area contributed by atoms with Crippen molar-refractivity contribution in [3.8, 4) is 0 Å². The zero-order valence-corrected chi connectivity index (χ0v) is 32.2. The van der Waals surface area contributed by atoms with Crippen LogP contribution in [0.25, 0.3) is 0 Å². The van der Waals surface area contributed by atoms with Gasteiger partial charge in [-0.05, 0) is 60.8 Å². The second-order valence-corrected chi connectivity index (χ2v) is 15.7. The number of nitrogens with one attached hydrogen (secondary N) is 1. The standard InChI is InChI=1S/C39H68N2O9/c1-38(2,3)48-35(45)26-24-22-20-18-16-14-12-10-8-7-9-11-13-15-17-19-21-23-25-32(42)40-31(37(47)49-39(4,5)6)27-30-36(46)50-41-33(43)28-29-34(41)44/h31H,7-30H2,1-6H3,(H,40,42)/t31-/m0/s1. The summed E-state index contributed by atoms with van der Waals surface area (Å²) in [6, 6.07) is -1.04. The molecule has 288 valence electrons. The number of carbonyl (C=O) groups excluding carboxylic acids is 6. The number of hydrogen-bond donors (Lipinski definition) is 1. The SMILES string of the molecule is CC(C)(C)OC(=O)CCCCCCCCCCCCCCCCCCCCC(=O)N[C@@H](CCC(=O)ON1C(=O)CCC1=O)C(=O)OC(C)(C)C. The predicted octanol–water partition coefficient (Wildman–Crippen LogP) is 8.34. The van der Waals surface area contributed by atoms with Crippen LogP contribution in [0.3, 0.4) is 0 Å². The third-order valence-electron chi connectivity index (χ3n) is 8.32. The van der Waals surface area contributed by atoms with Crippen LogP contribution in [0.15, 0.2) is 0 Å². The van der Waals surface area contributed by atoms with Gasteiger partial charge in [0, 0.05) is 25.7 Å². The summed E-state index contributed by atoms with van der Waals surface area (Å²) in [5.41, 5.74) is -1.16. The van der Waals surface area contributed by atoms with Gasteiger partial charge in [0.1, 0.15) is 17.2 Å². The smallest absolute Gasteiger partial charge is 0.333 e. The van der Waals surface area contributed by atoms with E-state index in [1.807, 2.05) is 20.8 Å². The normalized spacial score (nSPS) is 14.1. The minimum atomic E-state index is -1.04. The molecule has 1 fully saturated rings. The molecule has 0 aliphatic carbocycles. The van der Waals surface area contributed by atoms with E-state index in [0.29, 0.717) is 17.9 Å². The molecule has 1 N–H and O–H groups in total. The summed E-state index contributed by atoms with van der Waals surface area (Å²) in [6.07, 6.45) is 21.7. The van der Waals surface area contributed by atoms with Gasteiger partial charge >= 0.3 is 17.9 Å². The molecule has 0 aromatic heterocycles. The van der Waals surface area contributed by atoms with Crippen molar-refractivity contribution in [2.75, 3.05) is 0 Å². The molecule has 11 heteroatoms. The van der Waals surface area contributed by atoms with Crippen LogP contribution in [-0.2, 0) is 43.1 Å². The Kier molecular flexibility index (Phi) is 22.6. The number of unbranched alkanes of at least 4 members (excludes halogenated alkanes) is 17. The molecule has 1 rings (SSSR count). The van der Waals surface area contributed by atoms with Gasteiger partial charge < -0.3 is 19.6 Å². The number of nitrogens with zero attached hydrogens (tertiary/aromatic N) is 1. The monoisotopic (exact) mass is 708 g/mol. The Labute approximate surface area is 301 Å². The van der Waals surface area contributed by atoms with Crippen molar-refractivity contribution in [1.82, 2.24) is 10.4 Å². The minimum absolute atomic E-state index is 0.00588. The molecule has 0 radical (unpaired) electrons. The number of hydroxylamine groups is 2. The van der Waals surface area contributed by atoms with Crippen molar-refractivity contribution in [2.45, 2.75) is 213 Å². The number of carbonyl (C=O) groups is 6. The molecular weight excluding hydrogens is 640 g/mol. The zero-order chi connectivity index (χ0) is 37.4. The quantitative estimate of drug-likeness (QED) is 0.0505. The van der Waals surface area contributed by atoms with Crippen LogP contribution in [-0.4, -0.2) is 57.9 Å². The van der Waals surface area contributed by atoms with E-state index in [4.69, 9.17) is 14.3 Å². The van der Waals surface area contributed by atoms with Crippen LogP contribution < -0.4 is 5.32 Å². The second kappa shape index (κ2) is 25.1. The lowest BCUT2D eigenvalue weighted by atomic mass is 10.0. The van der Waals surface area contributed by atoms with Crippen molar-refractivity contribution >= 4 is 35.6 Å². The highest BCUT2D eigenvalue weighted by Gasteiger charge is 2.34. The maximum atomic E-state index is 12.7. The summed E-state index contributed by atoms with van der Waals surface area (Å²) in [7, 11) is 0. The maximum absolute atomic E-state index is 12.7. The first-order valence-electron chi connectivity index (χ1n) is 19.4. The van der Waals surface area contributed by atoms with Crippen LogP contribution in [0.5, 0.6) is 0 Å². The molecule has 1 aliphatic heterocycles. The highest BCUT2D eigenvalue weighted by Crippen LogP contribution is 2.17. The van der Waals surface area contributed by atoms with Gasteiger partial charge in [0.25, 0.3) is 11.8 Å². The van der Waals surface area contributed by atoms with Crippen molar-refractivity contribution in [3.05, 3.63) is 0 Å². The first-order valence-corrected chi connectivity index (χ1v) is 19.4. The first-order chi connectivity index (χ1) is 23.6. The van der Waals surface area contributed by atoms with Crippen molar-refractivity contribution in [1.29, 1.82) is 0 Å². The van der Waals surface area contributed by atoms with Crippen LogP contribution in [0.2, 0.25) is 0 Å². The van der Waals surface area contributed by atoms with Gasteiger partial charge in [0.2, 0.25) is 5.91 Å². The molecule has 0 aromatic carbocycles. The zero-order valence-electron chi connectivity index (χ0n) is 32.2. The Hall–Kier alpha value is -2.98. The molecule has 3 amide bonds. The number of ether oxygens (including phenoxy) is 2. The van der Waals surface area contributed by atoms with Gasteiger partial charge in [-0.2, -0.15) is 0 Å². The number of imide groups is 1. The molecule has 0 spiro atoms. The molecule has 0 saturated carbocycles. The molecule has 1 atom stereocenters. The van der Waals surface area contributed by atoms with Crippen molar-refractivity contribution in [3.63, 3.8) is 0 Å². The summed E-state index contributed by atoms with van der Waals surface area (Å²) >= 11 is 0. The molecule has 0 aromatic rings. The third-order valence-corrected chi connectivity index (χ3v) is 8.32. The Morgan fingerprint density at radius 1 is 0.560 bits per heavy atom. The summed E-state index contributed by atoms with van der Waals surface area (Å²) < 4.78 is 10.8. The molecule has 11 nitrogen and oxygen atoms in total. The molecule has 1 saturated heterocycles. The first kappa shape index (κ1) is 45.0. The molecule has 0 bridgehead atoms. The fourth-order valence-electron chi connectivity index (χ4n) is 5.73. The molecule has 0 unspecified atom stereocenters. The van der Waals surface area contributed by atoms with E-state index in [9.17, 15) is 28.8 Å². The molecule has 1 aliphatic rings. The van der Waals surface area contributed by atoms with E-state index in [1.165, 1.54) is 77.0 Å². The van der Waals surface area contributed by atoms with Crippen molar-refractivity contribution < 1.29 is 43.1 Å². The van der Waals surface area contributed by atoms with Gasteiger partial charge in [-0.1, -0.05) is 103 Å². The molecule has 1 heterocycles. The summed E-state index contributed by atoms with van der Waals surface area (Å²) in [4.78, 5) is 77.6. The van der Waals surface area contributed by atoms with E-state index >= 15 is 0 Å². The lowest BCUT2D eigenvalue weighted by Gasteiger charge is -2.24. The summed E-state index contributed by atoms with van der Waals surface area (Å²) in [5.74, 6) is -3.01. The van der Waals surface area contributed by atoms with Gasteiger partial charge in [-0.3, -0.25) is 19.2 Å². The average molecular weight is 709 g/mol. The number of hydrogen-bond acceptors (Lipinski definition) is 9. The van der Waals surface area contributed by atoms with Crippen LogP contribution in [0.1, 0.15) is 196 Å². The van der Waals surface area contributed by atoms with Gasteiger partial charge in [-0.15, -0.1) is 5.06 Å². The van der Waals surface area contributed by atoms with E-state index in [1.54, 1.807) is 20.8 Å². The maximum Gasteiger partial charge on any atom is 0.333 e. The van der Waals surface area contributed by atoms with E-state index in [-0.39, 0.29) is 49.6 Å². The number of esters is 2. The van der Waals surface area contributed by atoms with E-state index in [0.717, 1.165) is 32.1 Å². The Morgan fingerprint density at radius 3 is 1.34 bits per heavy atom. The van der Waals surface area contributed by atoms with Gasteiger partial charge in [-0.25, -0.2) is 9.59 Å². The van der Waals surface area contributed by atoms with E-state index in [2.05, 4.69) is 5.32 Å². The number of amides is 3. The number of rotatable bonds is 27. The Morgan fingerprint density at radius 2 is 0.940 bits per heavy atom. The lowest BCUT2D eigenvalue weighted by molar-refractivity contribution is -0.197. The highest BCUT2D eigenvalue weighted by atomic mass is 16.7. The Balaban J connectivity index is 2.05. The molecular formula is C39H68N2O9. The van der Waals surface area contributed by atoms with Crippen LogP contribution in [0, 0.1) is 0 Å². The summed E-state index contributed by atoms with van der Waals surface area (Å²) in [6.45, 7) is 10.9. The van der Waals surface area contributed by atoms with E-state index < -0.39 is 35.4 Å². The van der Waals surface area contributed by atoms with Crippen LogP contribution >= 0.6 is 0 Å². The Bertz CT molecular complexity index is 1030. The average Bonchev–Trinajstić information content (AvgIpc) is 3.32. The third kappa shape index (κ3) is 24.2. The van der Waals surface area contributed by atoms with Crippen molar-refractivity contribution in [2.24, 2.45) is 0 Å². The lowest BCUT2D eigenvalue weighted by Crippen LogP contribution is -2.44. The van der Waals surface area contributed by atoms with Gasteiger partial charge in [0.05, 0.1) is 6.42 Å². The fourth-order valence-corrected chi connectivity index (χ4v) is 5.73. The van der Waals surface area contributed by atoms with Crippen LogP contribution in [0.4, 0.5) is 0 Å². The highest BCUT2D eigenvalue weighted by molar-refractivity contribution is 6.01. The fraction of sp³-hybridized carbons (Fsp3) is 0.846. The molecule has 50 heavy (non-hydrogen) atoms. The second-order valence-electron chi connectivity index (χ2n) is 15.7. The summed E-state index contributed by atoms with van der Waals surface area (Å²) in [5, 5.41) is 3.16. The minimum Gasteiger partial charge on any atom is -0.460 e. The van der Waals surface area contributed by atoms with Gasteiger partial charge in [0.15, 0.2) is 0 Å². The largest absolute Gasteiger partial charge is 0.460 e.